The molecule has 1 aliphatic heterocycles. The van der Waals surface area contributed by atoms with Crippen LogP contribution in [0.15, 0.2) is 45.3 Å². The zero-order valence-electron chi connectivity index (χ0n) is 11.3. The number of nitrogens with zero attached hydrogens (tertiary/aromatic N) is 2. The fourth-order valence-electron chi connectivity index (χ4n) is 2.39. The summed E-state index contributed by atoms with van der Waals surface area (Å²) >= 11 is 1.58. The van der Waals surface area contributed by atoms with E-state index < -0.39 is 0 Å². The summed E-state index contributed by atoms with van der Waals surface area (Å²) in [4.78, 5) is 9.04. The lowest BCUT2D eigenvalue weighted by Crippen LogP contribution is -2.35. The van der Waals surface area contributed by atoms with Crippen molar-refractivity contribution in [3.8, 4) is 11.3 Å². The van der Waals surface area contributed by atoms with E-state index in [1.807, 2.05) is 23.6 Å². The molecule has 0 aliphatic carbocycles. The summed E-state index contributed by atoms with van der Waals surface area (Å²) < 4.78 is 5.44. The Kier molecular flexibility index (Phi) is 3.08. The Hall–Kier alpha value is -2.34. The second-order valence-corrected chi connectivity index (χ2v) is 5.67. The van der Waals surface area contributed by atoms with Gasteiger partial charge in [-0.3, -0.25) is 4.99 Å². The molecule has 6 heteroatoms. The van der Waals surface area contributed by atoms with E-state index in [9.17, 15) is 0 Å². The van der Waals surface area contributed by atoms with Gasteiger partial charge >= 0.3 is 0 Å². The highest BCUT2D eigenvalue weighted by atomic mass is 32.1. The lowest BCUT2D eigenvalue weighted by Gasteiger charge is -2.14. The van der Waals surface area contributed by atoms with Gasteiger partial charge in [0.1, 0.15) is 5.58 Å². The van der Waals surface area contributed by atoms with Crippen LogP contribution in [0.2, 0.25) is 0 Å². The van der Waals surface area contributed by atoms with Crippen LogP contribution in [0.25, 0.3) is 22.2 Å². The van der Waals surface area contributed by atoms with E-state index in [2.05, 4.69) is 26.7 Å². The van der Waals surface area contributed by atoms with E-state index in [-0.39, 0.29) is 0 Å². The number of furan rings is 1. The van der Waals surface area contributed by atoms with E-state index in [1.54, 1.807) is 17.6 Å². The van der Waals surface area contributed by atoms with Crippen molar-refractivity contribution in [3.63, 3.8) is 0 Å². The van der Waals surface area contributed by atoms with Crippen LogP contribution in [0.4, 0.5) is 5.13 Å². The van der Waals surface area contributed by atoms with Crippen LogP contribution in [0.5, 0.6) is 0 Å². The summed E-state index contributed by atoms with van der Waals surface area (Å²) in [6.07, 6.45) is 2.79. The zero-order chi connectivity index (χ0) is 14.1. The number of aromatic nitrogens is 1. The predicted octanol–water partition coefficient (Wildman–Crippen LogP) is 3.32. The van der Waals surface area contributed by atoms with Crippen molar-refractivity contribution in [1.29, 1.82) is 0 Å². The van der Waals surface area contributed by atoms with Crippen molar-refractivity contribution in [3.05, 3.63) is 35.9 Å². The van der Waals surface area contributed by atoms with Crippen molar-refractivity contribution >= 4 is 33.4 Å². The SMILES string of the molecule is c1cc(-c2csc(NC3=NCCCN3)n2)c2ccoc2c1. The molecule has 0 bridgehead atoms. The van der Waals surface area contributed by atoms with Crippen LogP contribution in [-0.2, 0) is 0 Å². The third-order valence-electron chi connectivity index (χ3n) is 3.40. The molecule has 3 heterocycles. The van der Waals surface area contributed by atoms with Crippen LogP contribution in [-0.4, -0.2) is 24.0 Å². The molecule has 0 atom stereocenters. The first-order valence-electron chi connectivity index (χ1n) is 6.87. The number of rotatable bonds is 2. The van der Waals surface area contributed by atoms with Gasteiger partial charge in [0.2, 0.25) is 0 Å². The largest absolute Gasteiger partial charge is 0.464 e. The van der Waals surface area contributed by atoms with Crippen LogP contribution in [0.3, 0.4) is 0 Å². The summed E-state index contributed by atoms with van der Waals surface area (Å²) in [6, 6.07) is 7.99. The Morgan fingerprint density at radius 3 is 3.19 bits per heavy atom. The molecule has 1 aliphatic rings. The minimum atomic E-state index is 0.809. The van der Waals surface area contributed by atoms with Gasteiger partial charge in [-0.25, -0.2) is 4.98 Å². The fraction of sp³-hybridized carbons (Fsp3) is 0.200. The Morgan fingerprint density at radius 2 is 2.29 bits per heavy atom. The van der Waals surface area contributed by atoms with Gasteiger partial charge in [0.05, 0.1) is 12.0 Å². The third kappa shape index (κ3) is 2.38. The number of fused-ring (bicyclic) bond motifs is 1. The summed E-state index contributed by atoms with van der Waals surface area (Å²) in [6.45, 7) is 1.82. The van der Waals surface area contributed by atoms with Crippen LogP contribution >= 0.6 is 11.3 Å². The molecule has 3 aromatic rings. The number of nitrogens with one attached hydrogen (secondary N) is 2. The van der Waals surface area contributed by atoms with Gasteiger partial charge in [-0.1, -0.05) is 12.1 Å². The summed E-state index contributed by atoms with van der Waals surface area (Å²) in [7, 11) is 0. The Morgan fingerprint density at radius 1 is 1.29 bits per heavy atom. The van der Waals surface area contributed by atoms with E-state index in [1.165, 1.54) is 0 Å². The summed E-state index contributed by atoms with van der Waals surface area (Å²) in [5, 5.41) is 10.4. The first-order valence-corrected chi connectivity index (χ1v) is 7.75. The van der Waals surface area contributed by atoms with Gasteiger partial charge < -0.3 is 15.1 Å². The smallest absolute Gasteiger partial charge is 0.197 e. The van der Waals surface area contributed by atoms with Crippen LogP contribution < -0.4 is 10.6 Å². The molecule has 4 rings (SSSR count). The molecule has 0 saturated carbocycles. The quantitative estimate of drug-likeness (QED) is 0.762. The molecule has 0 radical (unpaired) electrons. The highest BCUT2D eigenvalue weighted by Crippen LogP contribution is 2.31. The van der Waals surface area contributed by atoms with Gasteiger partial charge in [-0.2, -0.15) is 0 Å². The Labute approximate surface area is 125 Å². The number of benzene rings is 1. The first-order chi connectivity index (χ1) is 10.4. The van der Waals surface area contributed by atoms with E-state index in [4.69, 9.17) is 4.42 Å². The van der Waals surface area contributed by atoms with E-state index >= 15 is 0 Å². The highest BCUT2D eigenvalue weighted by Gasteiger charge is 2.11. The zero-order valence-corrected chi connectivity index (χ0v) is 12.1. The van der Waals surface area contributed by atoms with Crippen molar-refractivity contribution in [2.24, 2.45) is 4.99 Å². The maximum absolute atomic E-state index is 5.44. The lowest BCUT2D eigenvalue weighted by molar-refractivity contribution is 0.616. The standard InChI is InChI=1S/C15H14N4OS/c1-3-10(11-5-8-20-13(11)4-1)12-9-21-15(18-12)19-14-16-6-2-7-17-14/h1,3-5,8-9H,2,6-7H2,(H2,16,17,18,19). The molecule has 0 saturated heterocycles. The molecular weight excluding hydrogens is 284 g/mol. The molecule has 0 fully saturated rings. The van der Waals surface area contributed by atoms with Gasteiger partial charge in [0.25, 0.3) is 0 Å². The maximum atomic E-state index is 5.44. The topological polar surface area (TPSA) is 62.5 Å². The van der Waals surface area contributed by atoms with E-state index in [0.717, 1.165) is 52.8 Å². The van der Waals surface area contributed by atoms with Crippen LogP contribution in [0, 0.1) is 0 Å². The minimum Gasteiger partial charge on any atom is -0.464 e. The average molecular weight is 298 g/mol. The molecule has 21 heavy (non-hydrogen) atoms. The number of guanidine groups is 1. The minimum absolute atomic E-state index is 0.809. The second-order valence-electron chi connectivity index (χ2n) is 4.81. The number of hydrogen-bond acceptors (Lipinski definition) is 6. The number of hydrogen-bond donors (Lipinski definition) is 2. The normalized spacial score (nSPS) is 14.8. The fourth-order valence-corrected chi connectivity index (χ4v) is 3.10. The maximum Gasteiger partial charge on any atom is 0.197 e. The van der Waals surface area contributed by atoms with Crippen LogP contribution in [0.1, 0.15) is 6.42 Å². The van der Waals surface area contributed by atoms with Gasteiger partial charge in [0.15, 0.2) is 11.1 Å². The third-order valence-corrected chi connectivity index (χ3v) is 4.16. The van der Waals surface area contributed by atoms with Crippen molar-refractivity contribution < 1.29 is 4.42 Å². The predicted molar refractivity (Wildman–Crippen MR) is 85.9 cm³/mol. The van der Waals surface area contributed by atoms with Gasteiger partial charge in [-0.15, -0.1) is 11.3 Å². The number of anilines is 1. The molecule has 2 aromatic heterocycles. The van der Waals surface area contributed by atoms with E-state index in [0.29, 0.717) is 0 Å². The molecule has 0 unspecified atom stereocenters. The number of thiazole rings is 1. The summed E-state index contributed by atoms with van der Waals surface area (Å²) in [5.41, 5.74) is 2.92. The Balaban J connectivity index is 1.65. The first kappa shape index (κ1) is 12.4. The molecule has 0 spiro atoms. The lowest BCUT2D eigenvalue weighted by atomic mass is 10.1. The van der Waals surface area contributed by atoms with Gasteiger partial charge in [0, 0.05) is 29.4 Å². The van der Waals surface area contributed by atoms with Crippen molar-refractivity contribution in [2.45, 2.75) is 6.42 Å². The number of aliphatic imine (C=N–C) groups is 1. The monoisotopic (exact) mass is 298 g/mol. The molecule has 5 nitrogen and oxygen atoms in total. The Bertz CT molecular complexity index is 805. The molecule has 106 valence electrons. The van der Waals surface area contributed by atoms with Crippen molar-refractivity contribution in [2.75, 3.05) is 18.4 Å². The second kappa shape index (κ2) is 5.21. The molecule has 1 aromatic carbocycles. The average Bonchev–Trinajstić information content (AvgIpc) is 3.16. The van der Waals surface area contributed by atoms with Crippen molar-refractivity contribution in [1.82, 2.24) is 10.3 Å². The van der Waals surface area contributed by atoms with Gasteiger partial charge in [-0.05, 0) is 18.6 Å². The summed E-state index contributed by atoms with van der Waals surface area (Å²) in [5.74, 6) is 0.809. The highest BCUT2D eigenvalue weighted by molar-refractivity contribution is 7.14. The molecular formula is C15H14N4OS. The molecule has 0 amide bonds. The molecule has 2 N–H and O–H groups in total.